The molecule has 1 atom stereocenters. The largest absolute Gasteiger partial charge is 0.494 e. The Kier molecular flexibility index (Phi) is 8.33. The molecule has 25 heavy (non-hydrogen) atoms. The molecular weight excluding hydrogens is 308 g/mol. The van der Waals surface area contributed by atoms with Gasteiger partial charge in [-0.15, -0.1) is 0 Å². The Morgan fingerprint density at radius 1 is 0.920 bits per heavy atom. The van der Waals surface area contributed by atoms with Crippen molar-refractivity contribution in [3.63, 3.8) is 0 Å². The molecule has 0 saturated carbocycles. The van der Waals surface area contributed by atoms with Gasteiger partial charge in [-0.2, -0.15) is 0 Å². The lowest BCUT2D eigenvalue weighted by Crippen LogP contribution is -2.26. The van der Waals surface area contributed by atoms with Gasteiger partial charge < -0.3 is 15.4 Å². The van der Waals surface area contributed by atoms with Crippen molar-refractivity contribution in [3.05, 3.63) is 60.2 Å². The summed E-state index contributed by atoms with van der Waals surface area (Å²) in [6.07, 6.45) is 2.18. The average Bonchev–Trinajstić information content (AvgIpc) is 2.63. The van der Waals surface area contributed by atoms with E-state index in [9.17, 15) is 0 Å². The Hall–Kier alpha value is -2.00. The number of benzene rings is 2. The van der Waals surface area contributed by atoms with Crippen LogP contribution in [0, 0.1) is 5.92 Å². The maximum absolute atomic E-state index is 5.75. The number of hydrogen-bond donors (Lipinski definition) is 2. The van der Waals surface area contributed by atoms with E-state index in [1.807, 2.05) is 12.1 Å². The summed E-state index contributed by atoms with van der Waals surface area (Å²) in [7, 11) is 0. The van der Waals surface area contributed by atoms with Crippen molar-refractivity contribution in [1.29, 1.82) is 0 Å². The zero-order valence-electron chi connectivity index (χ0n) is 15.8. The minimum absolute atomic E-state index is 0.416. The van der Waals surface area contributed by atoms with Crippen LogP contribution in [0.4, 0.5) is 5.69 Å². The predicted molar refractivity (Wildman–Crippen MR) is 107 cm³/mol. The summed E-state index contributed by atoms with van der Waals surface area (Å²) in [6, 6.07) is 19.3. The van der Waals surface area contributed by atoms with Gasteiger partial charge >= 0.3 is 0 Å². The Bertz CT molecular complexity index is 581. The zero-order valence-corrected chi connectivity index (χ0v) is 15.8. The van der Waals surface area contributed by atoms with E-state index in [4.69, 9.17) is 4.74 Å². The first kappa shape index (κ1) is 19.3. The van der Waals surface area contributed by atoms with Crippen LogP contribution < -0.4 is 15.4 Å². The van der Waals surface area contributed by atoms with Crippen molar-refractivity contribution in [2.24, 2.45) is 5.92 Å². The van der Waals surface area contributed by atoms with Crippen LogP contribution in [0.5, 0.6) is 5.75 Å². The average molecular weight is 341 g/mol. The van der Waals surface area contributed by atoms with E-state index < -0.39 is 0 Å². The highest BCUT2D eigenvalue weighted by Crippen LogP contribution is 2.17. The van der Waals surface area contributed by atoms with Gasteiger partial charge in [-0.3, -0.25) is 0 Å². The molecule has 0 aliphatic carbocycles. The van der Waals surface area contributed by atoms with Gasteiger partial charge in [-0.05, 0) is 48.6 Å². The molecule has 0 aliphatic rings. The van der Waals surface area contributed by atoms with E-state index in [0.717, 1.165) is 44.0 Å². The number of ether oxygens (including phenoxy) is 1. The molecule has 0 aromatic heterocycles. The van der Waals surface area contributed by atoms with Gasteiger partial charge in [0.1, 0.15) is 5.75 Å². The molecular formula is C22H32N2O. The van der Waals surface area contributed by atoms with Crippen molar-refractivity contribution in [3.8, 4) is 5.75 Å². The summed E-state index contributed by atoms with van der Waals surface area (Å²) >= 11 is 0. The Morgan fingerprint density at radius 3 is 2.28 bits per heavy atom. The van der Waals surface area contributed by atoms with Crippen LogP contribution in [0.3, 0.4) is 0 Å². The second kappa shape index (κ2) is 10.8. The second-order valence-electron chi connectivity index (χ2n) is 6.81. The monoisotopic (exact) mass is 340 g/mol. The number of hydrogen-bond acceptors (Lipinski definition) is 3. The van der Waals surface area contributed by atoms with Gasteiger partial charge in [0.2, 0.25) is 0 Å². The predicted octanol–water partition coefficient (Wildman–Crippen LogP) is 5.26. The third kappa shape index (κ3) is 7.18. The van der Waals surface area contributed by atoms with Crippen LogP contribution >= 0.6 is 0 Å². The van der Waals surface area contributed by atoms with E-state index in [0.29, 0.717) is 12.0 Å². The van der Waals surface area contributed by atoms with E-state index in [1.165, 1.54) is 5.56 Å². The van der Waals surface area contributed by atoms with Crippen LogP contribution in [0.1, 0.15) is 45.2 Å². The van der Waals surface area contributed by atoms with E-state index in [2.05, 4.69) is 73.9 Å². The van der Waals surface area contributed by atoms with Crippen LogP contribution in [-0.4, -0.2) is 19.7 Å². The van der Waals surface area contributed by atoms with Crippen molar-refractivity contribution >= 4 is 5.69 Å². The third-order valence-corrected chi connectivity index (χ3v) is 4.27. The molecule has 0 bridgehead atoms. The number of anilines is 1. The molecule has 0 amide bonds. The van der Waals surface area contributed by atoms with Crippen molar-refractivity contribution < 1.29 is 4.74 Å². The molecule has 0 saturated heterocycles. The highest BCUT2D eigenvalue weighted by atomic mass is 16.5. The van der Waals surface area contributed by atoms with Gasteiger partial charge in [0.05, 0.1) is 6.61 Å². The maximum Gasteiger partial charge on any atom is 0.119 e. The van der Waals surface area contributed by atoms with Gasteiger partial charge in [0.15, 0.2) is 0 Å². The normalized spacial score (nSPS) is 12.2. The van der Waals surface area contributed by atoms with E-state index in [-0.39, 0.29) is 0 Å². The molecule has 2 N–H and O–H groups in total. The standard InChI is InChI=1S/C22H32N2O/c1-4-22(19-8-6-5-7-9-19)24-16-15-23-20-10-12-21(13-11-20)25-17-14-18(2)3/h5-13,18,22-24H,4,14-17H2,1-3H3. The maximum atomic E-state index is 5.75. The molecule has 1 unspecified atom stereocenters. The summed E-state index contributed by atoms with van der Waals surface area (Å²) in [5.41, 5.74) is 2.48. The Labute approximate surface area is 152 Å². The molecule has 136 valence electrons. The van der Waals surface area contributed by atoms with Crippen LogP contribution in [-0.2, 0) is 0 Å². The molecule has 0 fully saturated rings. The first-order chi connectivity index (χ1) is 12.2. The van der Waals surface area contributed by atoms with Crippen LogP contribution in [0.2, 0.25) is 0 Å². The lowest BCUT2D eigenvalue weighted by Gasteiger charge is -2.18. The fourth-order valence-electron chi connectivity index (χ4n) is 2.72. The summed E-state index contributed by atoms with van der Waals surface area (Å²) in [5, 5.41) is 7.08. The molecule has 3 nitrogen and oxygen atoms in total. The fraction of sp³-hybridized carbons (Fsp3) is 0.455. The summed E-state index contributed by atoms with van der Waals surface area (Å²) in [5.74, 6) is 1.62. The topological polar surface area (TPSA) is 33.3 Å². The number of rotatable bonds is 11. The van der Waals surface area contributed by atoms with Crippen molar-refractivity contribution in [2.75, 3.05) is 25.0 Å². The fourth-order valence-corrected chi connectivity index (χ4v) is 2.72. The molecule has 0 radical (unpaired) electrons. The minimum atomic E-state index is 0.416. The van der Waals surface area contributed by atoms with Crippen LogP contribution in [0.15, 0.2) is 54.6 Å². The first-order valence-corrected chi connectivity index (χ1v) is 9.44. The first-order valence-electron chi connectivity index (χ1n) is 9.44. The quantitative estimate of drug-likeness (QED) is 0.547. The van der Waals surface area contributed by atoms with Crippen LogP contribution in [0.25, 0.3) is 0 Å². The molecule has 3 heteroatoms. The van der Waals surface area contributed by atoms with E-state index in [1.54, 1.807) is 0 Å². The molecule has 0 heterocycles. The van der Waals surface area contributed by atoms with Gasteiger partial charge in [0.25, 0.3) is 0 Å². The Morgan fingerprint density at radius 2 is 1.64 bits per heavy atom. The molecule has 2 aromatic carbocycles. The Balaban J connectivity index is 1.69. The molecule has 2 aromatic rings. The minimum Gasteiger partial charge on any atom is -0.494 e. The third-order valence-electron chi connectivity index (χ3n) is 4.27. The zero-order chi connectivity index (χ0) is 17.9. The van der Waals surface area contributed by atoms with Gasteiger partial charge in [-0.1, -0.05) is 51.1 Å². The van der Waals surface area contributed by atoms with Crippen molar-refractivity contribution in [2.45, 2.75) is 39.7 Å². The lowest BCUT2D eigenvalue weighted by molar-refractivity contribution is 0.289. The molecule has 0 aliphatic heterocycles. The molecule has 0 spiro atoms. The highest BCUT2D eigenvalue weighted by molar-refractivity contribution is 5.46. The summed E-state index contributed by atoms with van der Waals surface area (Å²) < 4.78 is 5.75. The number of nitrogens with one attached hydrogen (secondary N) is 2. The highest BCUT2D eigenvalue weighted by Gasteiger charge is 2.06. The summed E-state index contributed by atoms with van der Waals surface area (Å²) in [6.45, 7) is 9.26. The lowest BCUT2D eigenvalue weighted by atomic mass is 10.0. The second-order valence-corrected chi connectivity index (χ2v) is 6.81. The van der Waals surface area contributed by atoms with Crippen molar-refractivity contribution in [1.82, 2.24) is 5.32 Å². The molecule has 2 rings (SSSR count). The van der Waals surface area contributed by atoms with E-state index >= 15 is 0 Å². The SMILES string of the molecule is CCC(NCCNc1ccc(OCCC(C)C)cc1)c1ccccc1. The summed E-state index contributed by atoms with van der Waals surface area (Å²) in [4.78, 5) is 0. The van der Waals surface area contributed by atoms with Gasteiger partial charge in [0, 0.05) is 24.8 Å². The smallest absolute Gasteiger partial charge is 0.119 e. The van der Waals surface area contributed by atoms with Gasteiger partial charge in [-0.25, -0.2) is 0 Å².